The van der Waals surface area contributed by atoms with E-state index in [1.165, 1.54) is 37.7 Å². The summed E-state index contributed by atoms with van der Waals surface area (Å²) < 4.78 is 40.1. The molecule has 0 spiro atoms. The first-order valence-corrected chi connectivity index (χ1v) is 9.11. The van der Waals surface area contributed by atoms with Crippen LogP contribution < -0.4 is 0 Å². The summed E-state index contributed by atoms with van der Waals surface area (Å²) in [6.45, 7) is 4.51. The zero-order valence-electron chi connectivity index (χ0n) is 14.7. The van der Waals surface area contributed by atoms with Gasteiger partial charge in [-0.05, 0) is 47.8 Å². The van der Waals surface area contributed by atoms with Crippen LogP contribution in [0.5, 0.6) is 0 Å². The van der Waals surface area contributed by atoms with Gasteiger partial charge in [-0.2, -0.15) is 13.8 Å². The molecular weight excluding hydrogens is 323 g/mol. The maximum absolute atomic E-state index is 13.8. The molecule has 1 aromatic heterocycles. The molecule has 0 radical (unpaired) electrons. The molecule has 4 heteroatoms. The molecule has 0 bridgehead atoms. The summed E-state index contributed by atoms with van der Waals surface area (Å²) in [5.74, 6) is -1.54. The fraction of sp³-hybridized carbons (Fsp3) is 0.476. The lowest BCUT2D eigenvalue weighted by molar-refractivity contribution is 0.244. The third-order valence-electron chi connectivity index (χ3n) is 5.81. The van der Waals surface area contributed by atoms with Crippen LogP contribution in [0.2, 0.25) is 0 Å². The van der Waals surface area contributed by atoms with Crippen LogP contribution in [-0.4, -0.2) is 4.98 Å². The van der Waals surface area contributed by atoms with Crippen LogP contribution in [0.25, 0.3) is 11.1 Å². The largest absolute Gasteiger partial charge is 0.251 e. The molecular formula is C21H24F3N. The van der Waals surface area contributed by atoms with Gasteiger partial charge in [0.1, 0.15) is 0 Å². The van der Waals surface area contributed by atoms with E-state index in [-0.39, 0.29) is 5.56 Å². The highest BCUT2D eigenvalue weighted by Gasteiger charge is 2.25. The van der Waals surface area contributed by atoms with E-state index < -0.39 is 17.7 Å². The number of pyridine rings is 1. The summed E-state index contributed by atoms with van der Waals surface area (Å²) in [6.07, 6.45) is 6.38. The lowest BCUT2D eigenvalue weighted by Gasteiger charge is -2.32. The molecule has 0 amide bonds. The summed E-state index contributed by atoms with van der Waals surface area (Å²) in [5, 5.41) is 0. The van der Waals surface area contributed by atoms with E-state index in [9.17, 15) is 13.2 Å². The Morgan fingerprint density at radius 1 is 1.00 bits per heavy atom. The topological polar surface area (TPSA) is 12.9 Å². The Labute approximate surface area is 147 Å². The summed E-state index contributed by atoms with van der Waals surface area (Å²) >= 11 is 0. The van der Waals surface area contributed by atoms with E-state index in [1.54, 1.807) is 12.1 Å². The smallest absolute Gasteiger partial charge is 0.202 e. The highest BCUT2D eigenvalue weighted by atomic mass is 19.2. The van der Waals surface area contributed by atoms with Gasteiger partial charge in [0.25, 0.3) is 5.95 Å². The van der Waals surface area contributed by atoms with Crippen molar-refractivity contribution in [3.05, 3.63) is 53.6 Å². The first-order valence-electron chi connectivity index (χ1n) is 9.11. The molecule has 1 heterocycles. The molecule has 0 saturated heterocycles. The zero-order valence-corrected chi connectivity index (χ0v) is 14.7. The Hall–Kier alpha value is -1.84. The molecule has 134 valence electrons. The molecule has 3 rings (SSSR count). The van der Waals surface area contributed by atoms with Gasteiger partial charge in [0.05, 0.1) is 0 Å². The molecule has 2 aromatic rings. The van der Waals surface area contributed by atoms with E-state index in [0.29, 0.717) is 17.4 Å². The minimum absolute atomic E-state index is 0.0124. The average Bonchev–Trinajstić information content (AvgIpc) is 2.64. The van der Waals surface area contributed by atoms with E-state index >= 15 is 0 Å². The van der Waals surface area contributed by atoms with Crippen molar-refractivity contribution in [3.63, 3.8) is 0 Å². The van der Waals surface area contributed by atoms with Crippen molar-refractivity contribution in [2.24, 2.45) is 11.8 Å². The monoisotopic (exact) mass is 347 g/mol. The summed E-state index contributed by atoms with van der Waals surface area (Å²) in [5.41, 5.74) is 1.70. The second kappa shape index (κ2) is 7.59. The fourth-order valence-electron chi connectivity index (χ4n) is 3.98. The zero-order chi connectivity index (χ0) is 18.0. The Balaban J connectivity index is 1.75. The van der Waals surface area contributed by atoms with Crippen molar-refractivity contribution in [2.45, 2.75) is 51.9 Å². The minimum Gasteiger partial charge on any atom is -0.202 e. The molecule has 1 unspecified atom stereocenters. The first kappa shape index (κ1) is 18.0. The van der Waals surface area contributed by atoms with Gasteiger partial charge in [-0.3, -0.25) is 0 Å². The van der Waals surface area contributed by atoms with E-state index in [2.05, 4.69) is 18.8 Å². The second-order valence-electron chi connectivity index (χ2n) is 7.20. The molecule has 1 fully saturated rings. The predicted molar refractivity (Wildman–Crippen MR) is 93.7 cm³/mol. The molecule has 1 atom stereocenters. The van der Waals surface area contributed by atoms with E-state index in [4.69, 9.17) is 0 Å². The van der Waals surface area contributed by atoms with Crippen LogP contribution in [0.3, 0.4) is 0 Å². The lowest BCUT2D eigenvalue weighted by atomic mass is 9.73. The number of halogens is 3. The number of rotatable bonds is 4. The normalized spacial score (nSPS) is 22.0. The van der Waals surface area contributed by atoms with Crippen molar-refractivity contribution in [3.8, 4) is 11.1 Å². The maximum atomic E-state index is 13.8. The Morgan fingerprint density at radius 2 is 1.64 bits per heavy atom. The Morgan fingerprint density at radius 3 is 2.24 bits per heavy atom. The third kappa shape index (κ3) is 3.88. The number of hydrogen-bond donors (Lipinski definition) is 0. The van der Waals surface area contributed by atoms with Crippen molar-refractivity contribution in [1.29, 1.82) is 0 Å². The second-order valence-corrected chi connectivity index (χ2v) is 7.20. The van der Waals surface area contributed by atoms with Crippen LogP contribution in [0.1, 0.15) is 57.4 Å². The van der Waals surface area contributed by atoms with Gasteiger partial charge in [0, 0.05) is 5.56 Å². The molecule has 1 aliphatic rings. The van der Waals surface area contributed by atoms with Gasteiger partial charge in [-0.15, -0.1) is 0 Å². The van der Waals surface area contributed by atoms with Crippen molar-refractivity contribution in [1.82, 2.24) is 4.98 Å². The van der Waals surface area contributed by atoms with Gasteiger partial charge >= 0.3 is 0 Å². The summed E-state index contributed by atoms with van der Waals surface area (Å²) in [7, 11) is 0. The standard InChI is InChI=1S/C21H24F3N/c1-3-14-4-6-15(7-5-14)13(2)16-8-10-17(11-9-16)18-12-19(22)21(24)25-20(18)23/h8-15H,3-7H2,1-2H3. The molecule has 25 heavy (non-hydrogen) atoms. The van der Waals surface area contributed by atoms with Crippen LogP contribution in [0, 0.1) is 29.5 Å². The van der Waals surface area contributed by atoms with Crippen molar-refractivity contribution in [2.75, 3.05) is 0 Å². The quantitative estimate of drug-likeness (QED) is 0.576. The molecule has 1 nitrogen and oxygen atoms in total. The van der Waals surface area contributed by atoms with Gasteiger partial charge in [0.2, 0.25) is 5.95 Å². The number of benzene rings is 1. The van der Waals surface area contributed by atoms with Crippen LogP contribution in [0.15, 0.2) is 30.3 Å². The molecule has 1 aliphatic carbocycles. The highest BCUT2D eigenvalue weighted by molar-refractivity contribution is 5.63. The third-order valence-corrected chi connectivity index (χ3v) is 5.81. The van der Waals surface area contributed by atoms with Crippen molar-refractivity contribution < 1.29 is 13.2 Å². The molecule has 1 aromatic carbocycles. The van der Waals surface area contributed by atoms with Crippen LogP contribution >= 0.6 is 0 Å². The number of hydrogen-bond acceptors (Lipinski definition) is 1. The highest BCUT2D eigenvalue weighted by Crippen LogP contribution is 2.39. The first-order chi connectivity index (χ1) is 12.0. The van der Waals surface area contributed by atoms with Gasteiger partial charge in [0.15, 0.2) is 5.82 Å². The van der Waals surface area contributed by atoms with E-state index in [1.807, 2.05) is 12.1 Å². The number of aromatic nitrogens is 1. The molecule has 0 N–H and O–H groups in total. The Bertz CT molecular complexity index is 719. The minimum atomic E-state index is -1.41. The SMILES string of the molecule is CCC1CCC(C(C)c2ccc(-c3cc(F)c(F)nc3F)cc2)CC1. The summed E-state index contributed by atoms with van der Waals surface area (Å²) in [6, 6.07) is 8.32. The molecule has 1 saturated carbocycles. The lowest BCUT2D eigenvalue weighted by Crippen LogP contribution is -2.18. The van der Waals surface area contributed by atoms with Gasteiger partial charge < -0.3 is 0 Å². The molecule has 0 aliphatic heterocycles. The maximum Gasteiger partial charge on any atom is 0.251 e. The van der Waals surface area contributed by atoms with Gasteiger partial charge in [-0.25, -0.2) is 4.39 Å². The van der Waals surface area contributed by atoms with Crippen molar-refractivity contribution >= 4 is 0 Å². The fourth-order valence-corrected chi connectivity index (χ4v) is 3.98. The predicted octanol–water partition coefficient (Wildman–Crippen LogP) is 6.49. The summed E-state index contributed by atoms with van der Waals surface area (Å²) in [4.78, 5) is 2.99. The number of nitrogens with zero attached hydrogens (tertiary/aromatic N) is 1. The van der Waals surface area contributed by atoms with Crippen LogP contribution in [-0.2, 0) is 0 Å². The van der Waals surface area contributed by atoms with E-state index in [0.717, 1.165) is 12.0 Å². The Kier molecular flexibility index (Phi) is 5.45. The van der Waals surface area contributed by atoms with Gasteiger partial charge in [-0.1, -0.05) is 57.4 Å². The average molecular weight is 347 g/mol. The van der Waals surface area contributed by atoms with Crippen LogP contribution in [0.4, 0.5) is 13.2 Å².